The van der Waals surface area contributed by atoms with Gasteiger partial charge < -0.3 is 24.3 Å². The SMILES string of the molecule is C=CC(=O)N1CCN2C(=O)c3c(N4CCC5(CN(C)C5)C4(C)C)nc(-c4ccccc4F)c(Cl)c3OCC2C1. The lowest BCUT2D eigenvalue weighted by atomic mass is 9.66. The number of carbonyl (C=O) groups is 2. The molecule has 4 aliphatic heterocycles. The Hall–Kier alpha value is -3.17. The molecule has 39 heavy (non-hydrogen) atoms. The Kier molecular flexibility index (Phi) is 6.15. The van der Waals surface area contributed by atoms with Gasteiger partial charge >= 0.3 is 0 Å². The number of anilines is 1. The lowest BCUT2D eigenvalue weighted by Crippen LogP contribution is -2.65. The van der Waals surface area contributed by atoms with Crippen LogP contribution in [0, 0.1) is 11.2 Å². The normalized spacial score (nSPS) is 23.6. The van der Waals surface area contributed by atoms with E-state index in [1.54, 1.807) is 28.0 Å². The van der Waals surface area contributed by atoms with Crippen molar-refractivity contribution in [3.8, 4) is 17.0 Å². The van der Waals surface area contributed by atoms with Crippen molar-refractivity contribution in [2.45, 2.75) is 31.8 Å². The van der Waals surface area contributed by atoms with E-state index < -0.39 is 5.82 Å². The number of pyridine rings is 1. The maximum Gasteiger partial charge on any atom is 0.261 e. The van der Waals surface area contributed by atoms with Crippen LogP contribution in [-0.2, 0) is 4.79 Å². The van der Waals surface area contributed by atoms with Crippen LogP contribution in [0.4, 0.5) is 10.2 Å². The van der Waals surface area contributed by atoms with E-state index in [9.17, 15) is 9.59 Å². The van der Waals surface area contributed by atoms with Gasteiger partial charge in [0, 0.05) is 55.8 Å². The molecular weight excluding hydrogens is 521 g/mol. The van der Waals surface area contributed by atoms with Crippen molar-refractivity contribution in [2.24, 2.45) is 5.41 Å². The summed E-state index contributed by atoms with van der Waals surface area (Å²) < 4.78 is 21.4. The third kappa shape index (κ3) is 3.84. The second-order valence-electron chi connectivity index (χ2n) is 11.6. The highest BCUT2D eigenvalue weighted by Crippen LogP contribution is 2.54. The number of halogens is 2. The van der Waals surface area contributed by atoms with Gasteiger partial charge in [0.2, 0.25) is 5.91 Å². The molecule has 8 nitrogen and oxygen atoms in total. The van der Waals surface area contributed by atoms with Crippen molar-refractivity contribution in [2.75, 3.05) is 57.8 Å². The Bertz CT molecular complexity index is 1370. The van der Waals surface area contributed by atoms with Crippen LogP contribution in [0.2, 0.25) is 5.02 Å². The first-order chi connectivity index (χ1) is 18.6. The molecule has 206 valence electrons. The minimum Gasteiger partial charge on any atom is -0.489 e. The lowest BCUT2D eigenvalue weighted by molar-refractivity contribution is -0.128. The van der Waals surface area contributed by atoms with Gasteiger partial charge in [-0.15, -0.1) is 0 Å². The third-order valence-corrected chi connectivity index (χ3v) is 9.61. The molecule has 2 amide bonds. The van der Waals surface area contributed by atoms with E-state index in [-0.39, 0.29) is 57.4 Å². The van der Waals surface area contributed by atoms with Crippen molar-refractivity contribution in [1.29, 1.82) is 0 Å². The highest BCUT2D eigenvalue weighted by atomic mass is 35.5. The molecule has 6 rings (SSSR count). The molecule has 1 aromatic carbocycles. The second kappa shape index (κ2) is 9.20. The Labute approximate surface area is 233 Å². The molecule has 0 aliphatic carbocycles. The first kappa shape index (κ1) is 26.1. The Morgan fingerprint density at radius 2 is 1.97 bits per heavy atom. The number of carbonyl (C=O) groups excluding carboxylic acids is 2. The van der Waals surface area contributed by atoms with Crippen LogP contribution in [-0.4, -0.2) is 96.0 Å². The van der Waals surface area contributed by atoms with Crippen LogP contribution in [0.15, 0.2) is 36.9 Å². The molecule has 5 heterocycles. The largest absolute Gasteiger partial charge is 0.489 e. The molecule has 3 fully saturated rings. The quantitative estimate of drug-likeness (QED) is 0.540. The van der Waals surface area contributed by atoms with Crippen LogP contribution in [0.1, 0.15) is 30.6 Å². The van der Waals surface area contributed by atoms with Gasteiger partial charge in [0.25, 0.3) is 5.91 Å². The van der Waals surface area contributed by atoms with Gasteiger partial charge in [-0.05, 0) is 45.5 Å². The maximum absolute atomic E-state index is 15.0. The van der Waals surface area contributed by atoms with Crippen molar-refractivity contribution >= 4 is 29.2 Å². The van der Waals surface area contributed by atoms with Crippen LogP contribution >= 0.6 is 11.6 Å². The summed E-state index contributed by atoms with van der Waals surface area (Å²) in [4.78, 5) is 39.5. The predicted molar refractivity (Wildman–Crippen MR) is 148 cm³/mol. The molecular formula is C29H33ClFN5O3. The van der Waals surface area contributed by atoms with Crippen LogP contribution < -0.4 is 9.64 Å². The molecule has 1 spiro atoms. The summed E-state index contributed by atoms with van der Waals surface area (Å²) in [5.41, 5.74) is 0.553. The number of amides is 2. The van der Waals surface area contributed by atoms with E-state index in [1.165, 1.54) is 12.1 Å². The fraction of sp³-hybridized carbons (Fsp3) is 0.483. The molecule has 1 aromatic heterocycles. The molecule has 1 atom stereocenters. The number of aromatic nitrogens is 1. The number of hydrogen-bond acceptors (Lipinski definition) is 6. The molecule has 3 saturated heterocycles. The summed E-state index contributed by atoms with van der Waals surface area (Å²) in [6.07, 6.45) is 2.24. The number of fused-ring (bicyclic) bond motifs is 2. The van der Waals surface area contributed by atoms with Gasteiger partial charge in [0.1, 0.15) is 28.8 Å². The molecule has 10 heteroatoms. The Balaban J connectivity index is 1.50. The number of piperazine rings is 1. The first-order valence-electron chi connectivity index (χ1n) is 13.4. The molecule has 0 N–H and O–H groups in total. The number of likely N-dealkylation sites (tertiary alicyclic amines) is 1. The first-order valence-corrected chi connectivity index (χ1v) is 13.8. The third-order valence-electron chi connectivity index (χ3n) is 9.26. The van der Waals surface area contributed by atoms with E-state index >= 15 is 4.39 Å². The number of rotatable bonds is 3. The van der Waals surface area contributed by atoms with Gasteiger partial charge in [0.15, 0.2) is 5.75 Å². The van der Waals surface area contributed by atoms with Crippen LogP contribution in [0.5, 0.6) is 5.75 Å². The summed E-state index contributed by atoms with van der Waals surface area (Å²) in [5.74, 6) is -0.167. The summed E-state index contributed by atoms with van der Waals surface area (Å²) in [6, 6.07) is 6.00. The van der Waals surface area contributed by atoms with E-state index in [1.807, 2.05) is 0 Å². The Morgan fingerprint density at radius 1 is 1.23 bits per heavy atom. The Morgan fingerprint density at radius 3 is 2.67 bits per heavy atom. The van der Waals surface area contributed by atoms with Crippen molar-refractivity contribution in [3.05, 3.63) is 53.3 Å². The number of benzene rings is 1. The smallest absolute Gasteiger partial charge is 0.261 e. The molecule has 0 bridgehead atoms. The molecule has 2 aromatic rings. The van der Waals surface area contributed by atoms with Crippen LogP contribution in [0.25, 0.3) is 11.3 Å². The highest BCUT2D eigenvalue weighted by molar-refractivity contribution is 6.35. The summed E-state index contributed by atoms with van der Waals surface area (Å²) in [5, 5.41) is 0.112. The van der Waals surface area contributed by atoms with E-state index in [0.717, 1.165) is 19.5 Å². The highest BCUT2D eigenvalue weighted by Gasteiger charge is 2.59. The molecule has 4 aliphatic rings. The lowest BCUT2D eigenvalue weighted by Gasteiger charge is -2.55. The van der Waals surface area contributed by atoms with Gasteiger partial charge in [-0.3, -0.25) is 9.59 Å². The maximum atomic E-state index is 15.0. The predicted octanol–water partition coefficient (Wildman–Crippen LogP) is 3.69. The van der Waals surface area contributed by atoms with E-state index in [0.29, 0.717) is 37.6 Å². The minimum atomic E-state index is -0.452. The molecule has 1 unspecified atom stereocenters. The van der Waals surface area contributed by atoms with Crippen molar-refractivity contribution in [3.63, 3.8) is 0 Å². The molecule has 0 radical (unpaired) electrons. The average molecular weight is 554 g/mol. The molecule has 0 saturated carbocycles. The number of ether oxygens (including phenoxy) is 1. The number of nitrogens with zero attached hydrogens (tertiary/aromatic N) is 5. The second-order valence-corrected chi connectivity index (χ2v) is 12.0. The minimum absolute atomic E-state index is 0.0575. The topological polar surface area (TPSA) is 69.2 Å². The summed E-state index contributed by atoms with van der Waals surface area (Å²) in [6.45, 7) is 11.8. The van der Waals surface area contributed by atoms with Crippen molar-refractivity contribution < 1.29 is 18.7 Å². The zero-order valence-electron chi connectivity index (χ0n) is 22.5. The monoisotopic (exact) mass is 553 g/mol. The fourth-order valence-corrected chi connectivity index (χ4v) is 7.20. The zero-order valence-corrected chi connectivity index (χ0v) is 23.3. The van der Waals surface area contributed by atoms with Gasteiger partial charge in [-0.2, -0.15) is 0 Å². The summed E-state index contributed by atoms with van der Waals surface area (Å²) >= 11 is 6.91. The zero-order chi connectivity index (χ0) is 27.7. The van der Waals surface area contributed by atoms with E-state index in [2.05, 4.69) is 37.3 Å². The fourth-order valence-electron chi connectivity index (χ4n) is 6.90. The standard InChI is InChI=1S/C29H33ClFN5O3/c1-5-21(37)34-12-13-35-18(14-34)15-39-25-22(27(35)38)26(32-24(23(25)30)19-8-6-7-9-20(19)31)36-11-10-29(28(36,2)3)16-33(4)17-29/h5-9,18H,1,10-17H2,2-4H3. The van der Waals surface area contributed by atoms with Gasteiger partial charge in [-0.25, -0.2) is 9.37 Å². The van der Waals surface area contributed by atoms with Crippen molar-refractivity contribution in [1.82, 2.24) is 19.7 Å². The summed E-state index contributed by atoms with van der Waals surface area (Å²) in [7, 11) is 2.11. The number of hydrogen-bond donors (Lipinski definition) is 0. The van der Waals surface area contributed by atoms with E-state index in [4.69, 9.17) is 21.3 Å². The van der Waals surface area contributed by atoms with Gasteiger partial charge in [0.05, 0.1) is 11.7 Å². The average Bonchev–Trinajstić information content (AvgIpc) is 3.07. The van der Waals surface area contributed by atoms with Gasteiger partial charge in [-0.1, -0.05) is 30.3 Å². The van der Waals surface area contributed by atoms with Crippen LogP contribution in [0.3, 0.4) is 0 Å².